The van der Waals surface area contributed by atoms with E-state index in [1.165, 1.54) is 0 Å². The highest BCUT2D eigenvalue weighted by Crippen LogP contribution is 2.57. The molecular formula is C16H17NO3. The molecule has 0 aromatic heterocycles. The molecule has 1 amide bonds. The van der Waals surface area contributed by atoms with Crippen LogP contribution in [0.4, 0.5) is 5.69 Å². The average molecular weight is 271 g/mol. The normalized spacial score (nSPS) is 37.0. The fourth-order valence-corrected chi connectivity index (χ4v) is 4.31. The lowest BCUT2D eigenvalue weighted by atomic mass is 9.79. The molecule has 1 N–H and O–H groups in total. The summed E-state index contributed by atoms with van der Waals surface area (Å²) in [5.74, 6) is -0.00266. The third-order valence-electron chi connectivity index (χ3n) is 5.07. The number of amides is 1. The summed E-state index contributed by atoms with van der Waals surface area (Å²) in [6.07, 6.45) is 1.91. The number of carbonyl (C=O) groups excluding carboxylic acids is 2. The highest BCUT2D eigenvalue weighted by molar-refractivity contribution is 5.97. The van der Waals surface area contributed by atoms with Gasteiger partial charge in [0.05, 0.1) is 11.8 Å². The summed E-state index contributed by atoms with van der Waals surface area (Å²) in [6, 6.07) is 7.74. The average Bonchev–Trinajstić information content (AvgIpc) is 2.99. The van der Waals surface area contributed by atoms with E-state index in [0.717, 1.165) is 24.1 Å². The van der Waals surface area contributed by atoms with Crippen LogP contribution in [-0.4, -0.2) is 18.0 Å². The molecular weight excluding hydrogens is 254 g/mol. The predicted molar refractivity (Wildman–Crippen MR) is 72.9 cm³/mol. The first-order chi connectivity index (χ1) is 9.63. The number of ether oxygens (including phenoxy) is 1. The molecule has 3 aliphatic rings. The van der Waals surface area contributed by atoms with Gasteiger partial charge in [-0.1, -0.05) is 12.1 Å². The maximum atomic E-state index is 12.5. The second-order valence-electron chi connectivity index (χ2n) is 6.28. The standard InChI is InChI=1S/C16H17NO3/c1-8-3-2-4-10(5-8)17-15(18)13-9-6-11-12(7-9)20-16(19)14(11)13/h2-5,9,11-14H,6-7H2,1H3,(H,17,18)/t9-,11+,12+,13-,14+/m1/s1. The maximum absolute atomic E-state index is 12.5. The van der Waals surface area contributed by atoms with Crippen LogP contribution in [0.2, 0.25) is 0 Å². The molecule has 0 unspecified atom stereocenters. The second kappa shape index (κ2) is 4.08. The minimum atomic E-state index is -0.205. The molecule has 2 bridgehead atoms. The molecule has 1 aromatic rings. The van der Waals surface area contributed by atoms with E-state index in [4.69, 9.17) is 4.74 Å². The molecule has 3 fully saturated rings. The predicted octanol–water partition coefficient (Wildman–Crippen LogP) is 2.13. The van der Waals surface area contributed by atoms with Crippen molar-refractivity contribution >= 4 is 17.6 Å². The Morgan fingerprint density at radius 3 is 3.00 bits per heavy atom. The van der Waals surface area contributed by atoms with Gasteiger partial charge in [0, 0.05) is 11.6 Å². The first-order valence-electron chi connectivity index (χ1n) is 7.21. The molecule has 2 saturated carbocycles. The summed E-state index contributed by atoms with van der Waals surface area (Å²) in [6.45, 7) is 1.99. The number of carbonyl (C=O) groups is 2. The first-order valence-corrected chi connectivity index (χ1v) is 7.21. The Bertz CT molecular complexity index is 595. The largest absolute Gasteiger partial charge is 0.462 e. The van der Waals surface area contributed by atoms with Gasteiger partial charge in [0.15, 0.2) is 0 Å². The minimum Gasteiger partial charge on any atom is -0.462 e. The SMILES string of the molecule is Cc1cccc(NC(=O)[C@@H]2[C@@H]3C[C@@H]4[C@@H]2C(=O)O[C@H]4C3)c1. The molecule has 0 radical (unpaired) electrons. The third-order valence-corrected chi connectivity index (χ3v) is 5.07. The number of fused-ring (bicyclic) bond motifs is 1. The lowest BCUT2D eigenvalue weighted by Crippen LogP contribution is -2.35. The van der Waals surface area contributed by atoms with Crippen LogP contribution in [0.25, 0.3) is 0 Å². The number of rotatable bonds is 2. The van der Waals surface area contributed by atoms with Gasteiger partial charge in [0.25, 0.3) is 0 Å². The zero-order valence-corrected chi connectivity index (χ0v) is 11.3. The zero-order valence-electron chi connectivity index (χ0n) is 11.3. The van der Waals surface area contributed by atoms with Crippen molar-refractivity contribution in [2.24, 2.45) is 23.7 Å². The monoisotopic (exact) mass is 271 g/mol. The van der Waals surface area contributed by atoms with Crippen LogP contribution < -0.4 is 5.32 Å². The lowest BCUT2D eigenvalue weighted by Gasteiger charge is -2.23. The van der Waals surface area contributed by atoms with Crippen molar-refractivity contribution in [3.63, 3.8) is 0 Å². The number of nitrogens with one attached hydrogen (secondary N) is 1. The van der Waals surface area contributed by atoms with Crippen molar-refractivity contribution in [2.75, 3.05) is 5.32 Å². The summed E-state index contributed by atoms with van der Waals surface area (Å²) in [5, 5.41) is 2.97. The fraction of sp³-hybridized carbons (Fsp3) is 0.500. The molecule has 2 aliphatic carbocycles. The van der Waals surface area contributed by atoms with Crippen LogP contribution >= 0.6 is 0 Å². The van der Waals surface area contributed by atoms with Gasteiger partial charge >= 0.3 is 5.97 Å². The highest BCUT2D eigenvalue weighted by atomic mass is 16.6. The Morgan fingerprint density at radius 2 is 2.20 bits per heavy atom. The van der Waals surface area contributed by atoms with Gasteiger partial charge in [-0.2, -0.15) is 0 Å². The van der Waals surface area contributed by atoms with Crippen LogP contribution in [0, 0.1) is 30.6 Å². The van der Waals surface area contributed by atoms with Crippen LogP contribution in [0.1, 0.15) is 18.4 Å². The fourth-order valence-electron chi connectivity index (χ4n) is 4.31. The Kier molecular flexibility index (Phi) is 2.43. The Balaban J connectivity index is 1.56. The molecule has 1 aromatic carbocycles. The summed E-state index contributed by atoms with van der Waals surface area (Å²) in [5.41, 5.74) is 1.91. The number of hydrogen-bond donors (Lipinski definition) is 1. The van der Waals surface area contributed by atoms with Crippen molar-refractivity contribution in [3.05, 3.63) is 29.8 Å². The molecule has 1 aliphatic heterocycles. The van der Waals surface area contributed by atoms with E-state index in [0.29, 0.717) is 5.92 Å². The zero-order chi connectivity index (χ0) is 13.9. The molecule has 4 rings (SSSR count). The van der Waals surface area contributed by atoms with Crippen molar-refractivity contribution in [1.82, 2.24) is 0 Å². The van der Waals surface area contributed by atoms with Crippen LogP contribution in [-0.2, 0) is 14.3 Å². The molecule has 5 atom stereocenters. The Morgan fingerprint density at radius 1 is 1.35 bits per heavy atom. The molecule has 4 nitrogen and oxygen atoms in total. The first kappa shape index (κ1) is 11.9. The molecule has 0 spiro atoms. The number of benzene rings is 1. The quantitative estimate of drug-likeness (QED) is 0.838. The lowest BCUT2D eigenvalue weighted by molar-refractivity contribution is -0.145. The van der Waals surface area contributed by atoms with Crippen molar-refractivity contribution in [2.45, 2.75) is 25.9 Å². The third kappa shape index (κ3) is 1.60. The van der Waals surface area contributed by atoms with Gasteiger partial charge < -0.3 is 10.1 Å². The van der Waals surface area contributed by atoms with Gasteiger partial charge in [-0.15, -0.1) is 0 Å². The number of hydrogen-bond acceptors (Lipinski definition) is 3. The summed E-state index contributed by atoms with van der Waals surface area (Å²) < 4.78 is 5.37. The topological polar surface area (TPSA) is 55.4 Å². The van der Waals surface area contributed by atoms with Crippen molar-refractivity contribution in [1.29, 1.82) is 0 Å². The summed E-state index contributed by atoms with van der Waals surface area (Å²) in [7, 11) is 0. The van der Waals surface area contributed by atoms with E-state index >= 15 is 0 Å². The van der Waals surface area contributed by atoms with Crippen LogP contribution in [0.3, 0.4) is 0 Å². The van der Waals surface area contributed by atoms with E-state index in [1.807, 2.05) is 31.2 Å². The summed E-state index contributed by atoms with van der Waals surface area (Å²) >= 11 is 0. The molecule has 4 heteroatoms. The van der Waals surface area contributed by atoms with E-state index in [2.05, 4.69) is 5.32 Å². The van der Waals surface area contributed by atoms with Gasteiger partial charge in [-0.05, 0) is 43.4 Å². The Hall–Kier alpha value is -1.84. The number of esters is 1. The van der Waals surface area contributed by atoms with E-state index < -0.39 is 0 Å². The van der Waals surface area contributed by atoms with Crippen LogP contribution in [0.5, 0.6) is 0 Å². The van der Waals surface area contributed by atoms with Gasteiger partial charge in [0.1, 0.15) is 6.10 Å². The van der Waals surface area contributed by atoms with Crippen molar-refractivity contribution in [3.8, 4) is 0 Å². The van der Waals surface area contributed by atoms with Gasteiger partial charge in [-0.25, -0.2) is 0 Å². The molecule has 1 saturated heterocycles. The van der Waals surface area contributed by atoms with Crippen LogP contribution in [0.15, 0.2) is 24.3 Å². The highest BCUT2D eigenvalue weighted by Gasteiger charge is 2.63. The van der Waals surface area contributed by atoms with Crippen molar-refractivity contribution < 1.29 is 14.3 Å². The number of anilines is 1. The smallest absolute Gasteiger partial charge is 0.310 e. The molecule has 104 valence electrons. The molecule has 1 heterocycles. The van der Waals surface area contributed by atoms with E-state index in [1.54, 1.807) is 0 Å². The molecule has 20 heavy (non-hydrogen) atoms. The van der Waals surface area contributed by atoms with Gasteiger partial charge in [-0.3, -0.25) is 9.59 Å². The van der Waals surface area contributed by atoms with E-state index in [-0.39, 0.29) is 35.7 Å². The maximum Gasteiger partial charge on any atom is 0.310 e. The Labute approximate surface area is 117 Å². The minimum absolute atomic E-state index is 0.0228. The summed E-state index contributed by atoms with van der Waals surface area (Å²) in [4.78, 5) is 24.4. The second-order valence-corrected chi connectivity index (χ2v) is 6.28. The van der Waals surface area contributed by atoms with E-state index in [9.17, 15) is 9.59 Å². The number of aryl methyl sites for hydroxylation is 1. The van der Waals surface area contributed by atoms with Gasteiger partial charge in [0.2, 0.25) is 5.91 Å².